The van der Waals surface area contributed by atoms with Gasteiger partial charge in [-0.3, -0.25) is 10.1 Å². The van der Waals surface area contributed by atoms with Gasteiger partial charge in [-0.15, -0.1) is 13.2 Å². The summed E-state index contributed by atoms with van der Waals surface area (Å²) in [6.07, 6.45) is -10.7. The fourth-order valence-electron chi connectivity index (χ4n) is 1.21. The molecule has 0 N–H and O–H groups in total. The van der Waals surface area contributed by atoms with Crippen molar-refractivity contribution in [2.24, 2.45) is 0 Å². The molecular weight excluding hydrogens is 302 g/mol. The van der Waals surface area contributed by atoms with Gasteiger partial charge in [0.1, 0.15) is 6.20 Å². The number of pyridine rings is 1. The van der Waals surface area contributed by atoms with Crippen molar-refractivity contribution in [1.82, 2.24) is 4.98 Å². The molecule has 0 bridgehead atoms. The van der Waals surface area contributed by atoms with Crippen molar-refractivity contribution >= 4 is 5.69 Å². The van der Waals surface area contributed by atoms with Crippen LogP contribution >= 0.6 is 0 Å². The number of alkyl halides is 6. The number of hydrogen-bond donors (Lipinski definition) is 0. The number of ether oxygens (including phenoxy) is 2. The Morgan fingerprint density at radius 1 is 1.20 bits per heavy atom. The summed E-state index contributed by atoms with van der Waals surface area (Å²) >= 11 is 0. The molecule has 20 heavy (non-hydrogen) atoms. The number of methoxy groups -OCH3 is 1. The second-order valence-corrected chi connectivity index (χ2v) is 3.16. The van der Waals surface area contributed by atoms with Crippen LogP contribution in [0.4, 0.5) is 32.0 Å². The van der Waals surface area contributed by atoms with Gasteiger partial charge in [0.05, 0.1) is 12.0 Å². The van der Waals surface area contributed by atoms with Crippen molar-refractivity contribution in [3.63, 3.8) is 0 Å². The number of nitrogens with zero attached hydrogens (tertiary/aromatic N) is 2. The minimum absolute atomic E-state index is 0.130. The van der Waals surface area contributed by atoms with E-state index in [1.165, 1.54) is 0 Å². The Kier molecular flexibility index (Phi) is 3.96. The molecule has 0 unspecified atom stereocenters. The number of nitro groups is 1. The van der Waals surface area contributed by atoms with Gasteiger partial charge >= 0.3 is 18.2 Å². The van der Waals surface area contributed by atoms with Gasteiger partial charge in [-0.1, -0.05) is 0 Å². The molecule has 0 fully saturated rings. The monoisotopic (exact) mass is 306 g/mol. The molecule has 0 aliphatic rings. The third-order valence-electron chi connectivity index (χ3n) is 1.86. The lowest BCUT2D eigenvalue weighted by molar-refractivity contribution is -0.386. The van der Waals surface area contributed by atoms with E-state index in [1.54, 1.807) is 0 Å². The molecule has 12 heteroatoms. The Hall–Kier alpha value is -2.27. The van der Waals surface area contributed by atoms with Crippen molar-refractivity contribution in [3.05, 3.63) is 22.0 Å². The third kappa shape index (κ3) is 3.39. The Labute approximate surface area is 106 Å². The first-order valence-corrected chi connectivity index (χ1v) is 4.51. The van der Waals surface area contributed by atoms with E-state index >= 15 is 0 Å². The average molecular weight is 306 g/mol. The van der Waals surface area contributed by atoms with E-state index in [4.69, 9.17) is 0 Å². The molecule has 1 aromatic rings. The van der Waals surface area contributed by atoms with Crippen LogP contribution in [0.1, 0.15) is 5.69 Å². The number of hydrogen-bond acceptors (Lipinski definition) is 5. The molecule has 1 heterocycles. The molecule has 0 aromatic carbocycles. The predicted molar refractivity (Wildman–Crippen MR) is 49.1 cm³/mol. The first kappa shape index (κ1) is 15.8. The van der Waals surface area contributed by atoms with E-state index in [1.807, 2.05) is 0 Å². The Morgan fingerprint density at radius 3 is 2.10 bits per heavy atom. The van der Waals surface area contributed by atoms with Crippen LogP contribution in [0.3, 0.4) is 0 Å². The maximum absolute atomic E-state index is 12.5. The van der Waals surface area contributed by atoms with Gasteiger partial charge in [-0.25, -0.2) is 4.98 Å². The highest BCUT2D eigenvalue weighted by Crippen LogP contribution is 2.46. The van der Waals surface area contributed by atoms with Gasteiger partial charge in [0.15, 0.2) is 5.69 Å². The summed E-state index contributed by atoms with van der Waals surface area (Å²) in [5, 5.41) is 10.5. The first-order valence-electron chi connectivity index (χ1n) is 4.51. The summed E-state index contributed by atoms with van der Waals surface area (Å²) < 4.78 is 81.3. The van der Waals surface area contributed by atoms with Crippen molar-refractivity contribution in [2.45, 2.75) is 12.5 Å². The van der Waals surface area contributed by atoms with Gasteiger partial charge in [-0.2, -0.15) is 13.2 Å². The Morgan fingerprint density at radius 2 is 1.75 bits per heavy atom. The highest BCUT2D eigenvalue weighted by Gasteiger charge is 2.44. The van der Waals surface area contributed by atoms with Gasteiger partial charge in [0.2, 0.25) is 11.5 Å². The molecule has 0 spiro atoms. The van der Waals surface area contributed by atoms with E-state index < -0.39 is 40.3 Å². The van der Waals surface area contributed by atoms with Crippen LogP contribution < -0.4 is 9.47 Å². The Bertz CT molecular complexity index is 527. The zero-order valence-corrected chi connectivity index (χ0v) is 9.37. The maximum Gasteiger partial charge on any atom is 0.573 e. The molecule has 1 rings (SSSR count). The second-order valence-electron chi connectivity index (χ2n) is 3.16. The molecular formula is C8H4F6N2O4. The first-order chi connectivity index (χ1) is 8.97. The number of halogens is 6. The quantitative estimate of drug-likeness (QED) is 0.487. The lowest BCUT2D eigenvalue weighted by Gasteiger charge is -2.16. The molecule has 0 radical (unpaired) electrons. The maximum atomic E-state index is 12.5. The van der Waals surface area contributed by atoms with Crippen LogP contribution in [0.25, 0.3) is 0 Å². The van der Waals surface area contributed by atoms with Crippen LogP contribution in [0, 0.1) is 10.1 Å². The predicted octanol–water partition coefficient (Wildman–Crippen LogP) is 2.92. The second kappa shape index (κ2) is 5.02. The van der Waals surface area contributed by atoms with Gasteiger partial charge in [0, 0.05) is 0 Å². The van der Waals surface area contributed by atoms with Gasteiger partial charge in [-0.05, 0) is 0 Å². The summed E-state index contributed by atoms with van der Waals surface area (Å²) in [5.74, 6) is -3.24. The van der Waals surface area contributed by atoms with Gasteiger partial charge < -0.3 is 9.47 Å². The zero-order chi connectivity index (χ0) is 15.7. The minimum atomic E-state index is -5.51. The smallest absolute Gasteiger partial charge is 0.487 e. The van der Waals surface area contributed by atoms with Crippen LogP contribution in [0.5, 0.6) is 11.5 Å². The van der Waals surface area contributed by atoms with E-state index in [0.717, 1.165) is 0 Å². The molecule has 0 aliphatic heterocycles. The molecule has 1 aromatic heterocycles. The van der Waals surface area contributed by atoms with Crippen molar-refractivity contribution in [1.29, 1.82) is 0 Å². The number of aromatic nitrogens is 1. The van der Waals surface area contributed by atoms with Crippen LogP contribution in [-0.2, 0) is 6.18 Å². The van der Waals surface area contributed by atoms with Crippen LogP contribution in [0.15, 0.2) is 6.20 Å². The SMILES string of the molecule is COc1c([N+](=O)[O-])cnc(C(F)(F)F)c1OC(F)(F)F. The molecule has 0 amide bonds. The van der Waals surface area contributed by atoms with Crippen molar-refractivity contribution < 1.29 is 40.7 Å². The highest BCUT2D eigenvalue weighted by molar-refractivity contribution is 5.57. The van der Waals surface area contributed by atoms with Gasteiger partial charge in [0.25, 0.3) is 0 Å². The lowest BCUT2D eigenvalue weighted by Crippen LogP contribution is -2.22. The van der Waals surface area contributed by atoms with Crippen LogP contribution in [0.2, 0.25) is 0 Å². The highest BCUT2D eigenvalue weighted by atomic mass is 19.4. The van der Waals surface area contributed by atoms with Crippen molar-refractivity contribution in [2.75, 3.05) is 7.11 Å². The summed E-state index contributed by atoms with van der Waals surface area (Å²) in [5.41, 5.74) is -3.28. The van der Waals surface area contributed by atoms with Crippen molar-refractivity contribution in [3.8, 4) is 11.5 Å². The Balaban J connectivity index is 3.60. The number of rotatable bonds is 3. The largest absolute Gasteiger partial charge is 0.573 e. The summed E-state index contributed by atoms with van der Waals surface area (Å²) in [7, 11) is 0.658. The third-order valence-corrected chi connectivity index (χ3v) is 1.86. The molecule has 0 aliphatic carbocycles. The van der Waals surface area contributed by atoms with E-state index in [-0.39, 0.29) is 6.20 Å². The summed E-state index contributed by atoms with van der Waals surface area (Å²) in [6.45, 7) is 0. The fourth-order valence-corrected chi connectivity index (χ4v) is 1.21. The zero-order valence-electron chi connectivity index (χ0n) is 9.37. The van der Waals surface area contributed by atoms with E-state index in [9.17, 15) is 36.5 Å². The van der Waals surface area contributed by atoms with Crippen LogP contribution in [-0.4, -0.2) is 23.4 Å². The minimum Gasteiger partial charge on any atom is -0.487 e. The average Bonchev–Trinajstić information content (AvgIpc) is 2.24. The molecule has 0 saturated carbocycles. The van der Waals surface area contributed by atoms with E-state index in [0.29, 0.717) is 7.11 Å². The summed E-state index contributed by atoms with van der Waals surface area (Å²) in [6, 6.07) is 0. The fraction of sp³-hybridized carbons (Fsp3) is 0.375. The van der Waals surface area contributed by atoms with E-state index in [2.05, 4.69) is 14.5 Å². The summed E-state index contributed by atoms with van der Waals surface area (Å²) in [4.78, 5) is 11.9. The topological polar surface area (TPSA) is 74.5 Å². The molecule has 0 saturated heterocycles. The normalized spacial score (nSPS) is 12.2. The standard InChI is InChI=1S/C8H4F6N2O4/c1-19-4-3(16(17)18)2-15-6(7(9,10)11)5(4)20-8(12,13)14/h2H,1H3. The molecule has 6 nitrogen and oxygen atoms in total. The molecule has 112 valence electrons. The lowest BCUT2D eigenvalue weighted by atomic mass is 10.2. The molecule has 0 atom stereocenters.